The number of carbonyl (C=O) groups excluding carboxylic acids is 2. The van der Waals surface area contributed by atoms with E-state index in [9.17, 15) is 22.8 Å². The predicted octanol–water partition coefficient (Wildman–Crippen LogP) is -0.305. The Morgan fingerprint density at radius 1 is 1.28 bits per heavy atom. The smallest absolute Gasteiger partial charge is 0.475 e. The van der Waals surface area contributed by atoms with E-state index in [1.54, 1.807) is 38.5 Å². The van der Waals surface area contributed by atoms with Crippen molar-refractivity contribution in [1.29, 1.82) is 5.26 Å². The topological polar surface area (TPSA) is 160 Å². The lowest BCUT2D eigenvalue weighted by Gasteiger charge is -2.38. The summed E-state index contributed by atoms with van der Waals surface area (Å²) in [7, 11) is 1.74. The van der Waals surface area contributed by atoms with Gasteiger partial charge < -0.3 is 25.5 Å². The molecule has 0 aliphatic carbocycles. The Labute approximate surface area is 188 Å². The molecule has 11 nitrogen and oxygen atoms in total. The maximum atomic E-state index is 12.4. The van der Waals surface area contributed by atoms with E-state index < -0.39 is 12.1 Å². The largest absolute Gasteiger partial charge is 0.490 e. The summed E-state index contributed by atoms with van der Waals surface area (Å²) >= 11 is 1.58. The molecule has 5 N–H and O–H groups in total. The van der Waals surface area contributed by atoms with Crippen molar-refractivity contribution in [3.05, 3.63) is 0 Å². The molecule has 2 heterocycles. The summed E-state index contributed by atoms with van der Waals surface area (Å²) in [5.74, 6) is 4.43. The number of carboxylic acid groups (broad SMARTS) is 1. The number of thioether (sulfide) groups is 1. The van der Waals surface area contributed by atoms with Gasteiger partial charge in [0.15, 0.2) is 0 Å². The summed E-state index contributed by atoms with van der Waals surface area (Å²) in [6.07, 6.45) is -3.63. The molecule has 0 radical (unpaired) electrons. The molecule has 182 valence electrons. The van der Waals surface area contributed by atoms with E-state index in [4.69, 9.17) is 26.7 Å². The standard InChI is InChI=1S/C15H27N7O2S.C2HF3O2/c1-19(7-4-16)15(24)20-5-2-12(3-6-20)22(18)9-14(23)21-11-25-10-13(21)8-17;3-2(4,5)1(6)7/h12-13H,2-7,9-11,16,18H2,1H3;(H,6,7)/t13-;/m1./s1. The van der Waals surface area contributed by atoms with Crippen LogP contribution in [0.5, 0.6) is 0 Å². The summed E-state index contributed by atoms with van der Waals surface area (Å²) in [5, 5.41) is 17.8. The molecule has 0 saturated carbocycles. The number of nitriles is 1. The highest BCUT2D eigenvalue weighted by atomic mass is 32.2. The fourth-order valence-corrected chi connectivity index (χ4v) is 4.19. The van der Waals surface area contributed by atoms with Gasteiger partial charge in [-0.2, -0.15) is 18.4 Å². The molecular weight excluding hydrogens is 455 g/mol. The number of nitrogens with two attached hydrogens (primary N) is 2. The number of nitrogens with zero attached hydrogens (tertiary/aromatic N) is 5. The number of amides is 3. The minimum atomic E-state index is -5.08. The van der Waals surface area contributed by atoms with Crippen LogP contribution < -0.4 is 11.6 Å². The van der Waals surface area contributed by atoms with Gasteiger partial charge in [0.25, 0.3) is 0 Å². The molecule has 0 aromatic carbocycles. The van der Waals surface area contributed by atoms with Crippen molar-refractivity contribution in [2.45, 2.75) is 31.1 Å². The molecule has 1 atom stereocenters. The SMILES string of the molecule is CN(CCN)C(=O)N1CCC(N(N)CC(=O)N2CSC[C@H]2C#N)CC1.O=C(O)C(F)(F)F. The van der Waals surface area contributed by atoms with E-state index in [0.717, 1.165) is 12.8 Å². The lowest BCUT2D eigenvalue weighted by atomic mass is 10.0. The monoisotopic (exact) mass is 483 g/mol. The second-order valence-corrected chi connectivity index (χ2v) is 8.19. The van der Waals surface area contributed by atoms with Crippen LogP contribution in [0.1, 0.15) is 12.8 Å². The molecule has 0 bridgehead atoms. The first-order chi connectivity index (χ1) is 14.9. The van der Waals surface area contributed by atoms with Crippen LogP contribution in [0, 0.1) is 11.3 Å². The number of piperidine rings is 1. The van der Waals surface area contributed by atoms with Crippen molar-refractivity contribution in [3.63, 3.8) is 0 Å². The fraction of sp³-hybridized carbons (Fsp3) is 0.765. The highest BCUT2D eigenvalue weighted by Gasteiger charge is 2.38. The van der Waals surface area contributed by atoms with Crippen LogP contribution in [0.25, 0.3) is 0 Å². The lowest BCUT2D eigenvalue weighted by molar-refractivity contribution is -0.192. The number of aliphatic carboxylic acids is 1. The van der Waals surface area contributed by atoms with Crippen molar-refractivity contribution < 1.29 is 32.7 Å². The second kappa shape index (κ2) is 12.7. The van der Waals surface area contributed by atoms with Crippen LogP contribution in [0.2, 0.25) is 0 Å². The van der Waals surface area contributed by atoms with Gasteiger partial charge in [-0.25, -0.2) is 14.6 Å². The highest BCUT2D eigenvalue weighted by molar-refractivity contribution is 7.99. The zero-order chi connectivity index (χ0) is 24.5. The number of likely N-dealkylation sites (N-methyl/N-ethyl adjacent to an activating group) is 1. The Bertz CT molecular complexity index is 699. The van der Waals surface area contributed by atoms with E-state index >= 15 is 0 Å². The second-order valence-electron chi connectivity index (χ2n) is 7.19. The maximum absolute atomic E-state index is 12.4. The van der Waals surface area contributed by atoms with E-state index in [2.05, 4.69) is 6.07 Å². The minimum absolute atomic E-state index is 0.0190. The van der Waals surface area contributed by atoms with Crippen molar-refractivity contribution in [2.75, 3.05) is 51.4 Å². The first-order valence-corrected chi connectivity index (χ1v) is 10.9. The van der Waals surface area contributed by atoms with Crippen molar-refractivity contribution in [1.82, 2.24) is 19.7 Å². The van der Waals surface area contributed by atoms with E-state index in [0.29, 0.717) is 37.8 Å². The summed E-state index contributed by atoms with van der Waals surface area (Å²) in [5.41, 5.74) is 5.48. The molecule has 2 aliphatic heterocycles. The summed E-state index contributed by atoms with van der Waals surface area (Å²) in [4.78, 5) is 38.5. The zero-order valence-corrected chi connectivity index (χ0v) is 18.4. The average Bonchev–Trinajstić information content (AvgIpc) is 3.22. The molecular formula is C17H28F3N7O4S. The number of hydrogen-bond acceptors (Lipinski definition) is 8. The fourth-order valence-electron chi connectivity index (χ4n) is 3.09. The first-order valence-electron chi connectivity index (χ1n) is 9.70. The molecule has 0 spiro atoms. The van der Waals surface area contributed by atoms with Crippen LogP contribution in [-0.2, 0) is 9.59 Å². The number of likely N-dealkylation sites (tertiary alicyclic amines) is 1. The lowest BCUT2D eigenvalue weighted by Crippen LogP contribution is -2.54. The number of rotatable bonds is 5. The van der Waals surface area contributed by atoms with Gasteiger partial charge in [0.2, 0.25) is 5.91 Å². The maximum Gasteiger partial charge on any atom is 0.490 e. The van der Waals surface area contributed by atoms with Crippen molar-refractivity contribution >= 4 is 29.7 Å². The molecule has 0 unspecified atom stereocenters. The number of hydrogen-bond donors (Lipinski definition) is 3. The number of carbonyl (C=O) groups is 3. The third-order valence-corrected chi connectivity index (χ3v) is 5.92. The number of alkyl halides is 3. The van der Waals surface area contributed by atoms with Gasteiger partial charge in [0.1, 0.15) is 6.04 Å². The molecule has 32 heavy (non-hydrogen) atoms. The third kappa shape index (κ3) is 8.34. The average molecular weight is 484 g/mol. The van der Waals surface area contributed by atoms with Crippen molar-refractivity contribution in [2.24, 2.45) is 11.6 Å². The normalized spacial score (nSPS) is 19.2. The van der Waals surface area contributed by atoms with E-state index in [1.165, 1.54) is 0 Å². The van der Waals surface area contributed by atoms with Gasteiger partial charge in [-0.15, -0.1) is 11.8 Å². The van der Waals surface area contributed by atoms with Crippen LogP contribution >= 0.6 is 11.8 Å². The van der Waals surface area contributed by atoms with Gasteiger partial charge in [0.05, 0.1) is 18.5 Å². The molecule has 2 rings (SSSR count). The quantitative estimate of drug-likeness (QED) is 0.352. The Balaban J connectivity index is 0.000000633. The van der Waals surface area contributed by atoms with Gasteiger partial charge in [-0.3, -0.25) is 10.6 Å². The summed E-state index contributed by atoms with van der Waals surface area (Å²) in [6.45, 7) is 2.30. The van der Waals surface area contributed by atoms with Crippen LogP contribution in [0.3, 0.4) is 0 Å². The van der Waals surface area contributed by atoms with Gasteiger partial charge >= 0.3 is 18.2 Å². The van der Waals surface area contributed by atoms with E-state index in [1.807, 2.05) is 0 Å². The third-order valence-electron chi connectivity index (χ3n) is 4.91. The number of urea groups is 1. The Hall–Kier alpha value is -2.28. The first kappa shape index (κ1) is 27.8. The van der Waals surface area contributed by atoms with Crippen LogP contribution in [0.4, 0.5) is 18.0 Å². The summed E-state index contributed by atoms with van der Waals surface area (Å²) < 4.78 is 31.7. The van der Waals surface area contributed by atoms with Gasteiger partial charge in [0, 0.05) is 45.0 Å². The molecule has 2 aliphatic rings. The minimum Gasteiger partial charge on any atom is -0.475 e. The summed E-state index contributed by atoms with van der Waals surface area (Å²) in [6, 6.07) is 1.84. The van der Waals surface area contributed by atoms with E-state index in [-0.39, 0.29) is 30.6 Å². The molecule has 2 saturated heterocycles. The van der Waals surface area contributed by atoms with Crippen LogP contribution in [0.15, 0.2) is 0 Å². The molecule has 3 amide bonds. The number of hydrazine groups is 1. The Morgan fingerprint density at radius 2 is 1.84 bits per heavy atom. The molecule has 0 aromatic rings. The Morgan fingerprint density at radius 3 is 2.31 bits per heavy atom. The number of carboxylic acids is 1. The molecule has 2 fully saturated rings. The predicted molar refractivity (Wildman–Crippen MR) is 110 cm³/mol. The zero-order valence-electron chi connectivity index (χ0n) is 17.6. The Kier molecular flexibility index (Phi) is 11.0. The van der Waals surface area contributed by atoms with Gasteiger partial charge in [-0.05, 0) is 12.8 Å². The molecule has 15 heteroatoms. The molecule has 0 aromatic heterocycles. The number of halogens is 3. The van der Waals surface area contributed by atoms with Crippen LogP contribution in [-0.4, -0.2) is 112 Å². The highest BCUT2D eigenvalue weighted by Crippen LogP contribution is 2.21. The van der Waals surface area contributed by atoms with Crippen molar-refractivity contribution in [3.8, 4) is 6.07 Å². The van der Waals surface area contributed by atoms with Gasteiger partial charge in [-0.1, -0.05) is 0 Å².